The normalized spacial score (nSPS) is 27.6. The number of nitrogen functional groups attached to an aromatic ring is 1. The average Bonchev–Trinajstić information content (AvgIpc) is 3.25. The Morgan fingerprint density at radius 2 is 2.12 bits per heavy atom. The second kappa shape index (κ2) is 8.37. The number of anilines is 1. The number of nitrogens with one attached hydrogen (secondary N) is 2. The molecular weight excluding hydrogens is 443 g/mol. The van der Waals surface area contributed by atoms with Crippen molar-refractivity contribution >= 4 is 24.9 Å². The van der Waals surface area contributed by atoms with E-state index in [1.165, 1.54) is 17.8 Å². The van der Waals surface area contributed by atoms with Crippen molar-refractivity contribution < 1.29 is 28.9 Å². The van der Waals surface area contributed by atoms with Gasteiger partial charge in [0.25, 0.3) is 5.56 Å². The Bertz CT molecular complexity index is 1210. The van der Waals surface area contributed by atoms with E-state index >= 15 is 0 Å². The van der Waals surface area contributed by atoms with Crippen molar-refractivity contribution in [2.75, 3.05) is 12.3 Å². The van der Waals surface area contributed by atoms with Crippen molar-refractivity contribution in [1.29, 1.82) is 0 Å². The molecule has 0 amide bonds. The zero-order valence-electron chi connectivity index (χ0n) is 17.0. The number of aromatic nitrogens is 4. The van der Waals surface area contributed by atoms with Crippen LogP contribution in [-0.4, -0.2) is 59.0 Å². The zero-order valence-corrected chi connectivity index (χ0v) is 17.8. The van der Waals surface area contributed by atoms with E-state index < -0.39 is 43.9 Å². The maximum Gasteiger partial charge on any atom is 0.403 e. The molecule has 2 unspecified atom stereocenters. The van der Waals surface area contributed by atoms with Crippen LogP contribution in [-0.2, 0) is 20.4 Å². The molecule has 2 aromatic heterocycles. The van der Waals surface area contributed by atoms with Crippen molar-refractivity contribution in [3.63, 3.8) is 0 Å². The Hall–Kier alpha value is -2.64. The number of aliphatic hydroxyl groups is 2. The van der Waals surface area contributed by atoms with Crippen molar-refractivity contribution in [3.05, 3.63) is 52.6 Å². The molecule has 5 atom stereocenters. The van der Waals surface area contributed by atoms with Crippen LogP contribution >= 0.6 is 7.75 Å². The number of nitrogens with two attached hydrogens (primary N) is 1. The maximum absolute atomic E-state index is 12.3. The molecule has 1 aliphatic heterocycles. The van der Waals surface area contributed by atoms with Gasteiger partial charge in [-0.2, -0.15) is 4.98 Å². The number of imidazole rings is 1. The number of rotatable bonds is 7. The lowest BCUT2D eigenvalue weighted by Crippen LogP contribution is -2.44. The van der Waals surface area contributed by atoms with Gasteiger partial charge in [-0.3, -0.25) is 18.9 Å². The summed E-state index contributed by atoms with van der Waals surface area (Å²) in [6.07, 6.45) is -2.65. The van der Waals surface area contributed by atoms with Gasteiger partial charge in [0.15, 0.2) is 17.4 Å². The first-order valence-electron chi connectivity index (χ1n) is 9.63. The number of fused-ring (bicyclic) bond motifs is 1. The van der Waals surface area contributed by atoms with Gasteiger partial charge in [-0.05, 0) is 12.5 Å². The number of hydrogen-bond acceptors (Lipinski definition) is 9. The summed E-state index contributed by atoms with van der Waals surface area (Å²) in [7, 11) is -4.23. The van der Waals surface area contributed by atoms with Crippen LogP contribution in [0, 0.1) is 0 Å². The molecule has 4 rings (SSSR count). The fraction of sp³-hybridized carbons (Fsp3) is 0.389. The predicted octanol–water partition coefficient (Wildman–Crippen LogP) is -0.382. The molecule has 1 aliphatic rings. The van der Waals surface area contributed by atoms with E-state index in [4.69, 9.17) is 15.0 Å². The number of aromatic amines is 1. The number of benzene rings is 1. The van der Waals surface area contributed by atoms with E-state index in [1.54, 1.807) is 24.3 Å². The Kier molecular flexibility index (Phi) is 5.90. The van der Waals surface area contributed by atoms with E-state index in [1.807, 2.05) is 6.07 Å². The summed E-state index contributed by atoms with van der Waals surface area (Å²) in [5, 5.41) is 23.9. The minimum atomic E-state index is -4.23. The summed E-state index contributed by atoms with van der Waals surface area (Å²) in [5.41, 5.74) is 3.95. The summed E-state index contributed by atoms with van der Waals surface area (Å²) in [5.74, 6) is -0.159. The molecule has 0 aliphatic carbocycles. The van der Waals surface area contributed by atoms with E-state index in [0.29, 0.717) is 0 Å². The standard InChI is InChI=1S/C18H23N6O7P/c1-18(27)13(25)11(8-30-32(28,29)21-7-10-5-3-2-4-6-10)31-16(18)24-9-20-12-14(24)22-17(19)23-15(12)26/h2-6,9,11,13,16,25,27H,7-8H2,1H3,(H2,21,28,29)(H3,19,22,23,26)/t11-,13?,16-,18-/m1/s1. The first-order valence-corrected chi connectivity index (χ1v) is 11.2. The molecule has 7 N–H and O–H groups in total. The number of aliphatic hydroxyl groups excluding tert-OH is 1. The van der Waals surface area contributed by atoms with Gasteiger partial charge in [-0.25, -0.2) is 14.6 Å². The van der Waals surface area contributed by atoms with E-state index in [2.05, 4.69) is 20.0 Å². The lowest BCUT2D eigenvalue weighted by Gasteiger charge is -2.27. The Balaban J connectivity index is 1.48. The lowest BCUT2D eigenvalue weighted by atomic mass is 9.96. The van der Waals surface area contributed by atoms with E-state index in [0.717, 1.165) is 5.56 Å². The summed E-state index contributed by atoms with van der Waals surface area (Å²) in [6, 6.07) is 8.96. The fourth-order valence-electron chi connectivity index (χ4n) is 3.50. The molecule has 0 saturated carbocycles. The van der Waals surface area contributed by atoms with Crippen molar-refractivity contribution in [1.82, 2.24) is 24.6 Å². The Labute approximate surface area is 181 Å². The molecule has 1 fully saturated rings. The van der Waals surface area contributed by atoms with Crippen LogP contribution in [0.3, 0.4) is 0 Å². The van der Waals surface area contributed by atoms with Crippen molar-refractivity contribution in [2.24, 2.45) is 0 Å². The van der Waals surface area contributed by atoms with Crippen LogP contribution in [0.25, 0.3) is 11.2 Å². The van der Waals surface area contributed by atoms with E-state index in [-0.39, 0.29) is 23.7 Å². The molecule has 0 spiro atoms. The second-order valence-corrected chi connectivity index (χ2v) is 9.22. The second-order valence-electron chi connectivity index (χ2n) is 7.61. The van der Waals surface area contributed by atoms with Gasteiger partial charge in [0.1, 0.15) is 17.8 Å². The van der Waals surface area contributed by atoms with Crippen LogP contribution in [0.4, 0.5) is 5.95 Å². The number of ether oxygens (including phenoxy) is 1. The first-order chi connectivity index (χ1) is 15.1. The topological polar surface area (TPSA) is 198 Å². The van der Waals surface area contributed by atoms with E-state index in [9.17, 15) is 24.5 Å². The summed E-state index contributed by atoms with van der Waals surface area (Å²) < 4.78 is 24.4. The molecule has 1 saturated heterocycles. The summed E-state index contributed by atoms with van der Waals surface area (Å²) in [6.45, 7) is 0.911. The van der Waals surface area contributed by atoms with Gasteiger partial charge in [-0.1, -0.05) is 30.3 Å². The number of H-pyrrole nitrogens is 1. The van der Waals surface area contributed by atoms with Gasteiger partial charge in [0.05, 0.1) is 12.9 Å². The third-order valence-electron chi connectivity index (χ3n) is 5.20. The fourth-order valence-corrected chi connectivity index (χ4v) is 4.32. The first kappa shape index (κ1) is 22.6. The van der Waals surface area contributed by atoms with Gasteiger partial charge < -0.3 is 25.6 Å². The van der Waals surface area contributed by atoms with Gasteiger partial charge in [0.2, 0.25) is 5.95 Å². The highest BCUT2D eigenvalue weighted by Gasteiger charge is 2.54. The van der Waals surface area contributed by atoms with Crippen LogP contribution in [0.1, 0.15) is 18.7 Å². The van der Waals surface area contributed by atoms with Gasteiger partial charge in [0, 0.05) is 6.54 Å². The minimum Gasteiger partial charge on any atom is -0.387 e. The molecule has 1 aromatic carbocycles. The number of nitrogens with zero attached hydrogens (tertiary/aromatic N) is 3. The van der Waals surface area contributed by atoms with Gasteiger partial charge in [-0.15, -0.1) is 0 Å². The number of hydrogen-bond donors (Lipinski definition) is 6. The molecule has 14 heteroatoms. The largest absolute Gasteiger partial charge is 0.403 e. The average molecular weight is 466 g/mol. The van der Waals surface area contributed by atoms with Gasteiger partial charge >= 0.3 is 7.75 Å². The lowest BCUT2D eigenvalue weighted by molar-refractivity contribution is -0.0948. The molecule has 172 valence electrons. The summed E-state index contributed by atoms with van der Waals surface area (Å²) >= 11 is 0. The SMILES string of the molecule is C[C@@]1(O)C(O)[C@@H](COP(=O)(O)NCc2ccccc2)O[C@H]1n1cnc2c(=O)[nH]c(N)nc21. The minimum absolute atomic E-state index is 0.0299. The molecule has 3 aromatic rings. The highest BCUT2D eigenvalue weighted by Crippen LogP contribution is 2.42. The van der Waals surface area contributed by atoms with Crippen LogP contribution < -0.4 is 16.4 Å². The molecule has 32 heavy (non-hydrogen) atoms. The highest BCUT2D eigenvalue weighted by molar-refractivity contribution is 7.50. The molecule has 13 nitrogen and oxygen atoms in total. The zero-order chi connectivity index (χ0) is 23.1. The summed E-state index contributed by atoms with van der Waals surface area (Å²) in [4.78, 5) is 32.3. The maximum atomic E-state index is 12.3. The smallest absolute Gasteiger partial charge is 0.387 e. The van der Waals surface area contributed by atoms with Crippen LogP contribution in [0.2, 0.25) is 0 Å². The van der Waals surface area contributed by atoms with Crippen LogP contribution in [0.15, 0.2) is 41.5 Å². The molecule has 0 bridgehead atoms. The Morgan fingerprint density at radius 1 is 1.41 bits per heavy atom. The monoisotopic (exact) mass is 466 g/mol. The highest BCUT2D eigenvalue weighted by atomic mass is 31.2. The molecule has 3 heterocycles. The third kappa shape index (κ3) is 4.32. The quantitative estimate of drug-likeness (QED) is 0.248. The third-order valence-corrected chi connectivity index (χ3v) is 6.25. The molecular formula is C18H23N6O7P. The Morgan fingerprint density at radius 3 is 2.84 bits per heavy atom. The van der Waals surface area contributed by atoms with Crippen LogP contribution in [0.5, 0.6) is 0 Å². The molecule has 0 radical (unpaired) electrons. The van der Waals surface area contributed by atoms with Crippen molar-refractivity contribution in [2.45, 2.75) is 37.5 Å². The predicted molar refractivity (Wildman–Crippen MR) is 112 cm³/mol. The van der Waals surface area contributed by atoms with Crippen molar-refractivity contribution in [3.8, 4) is 0 Å².